The lowest BCUT2D eigenvalue weighted by Crippen LogP contribution is -2.36. The van der Waals surface area contributed by atoms with E-state index in [0.717, 1.165) is 0 Å². The zero-order valence-electron chi connectivity index (χ0n) is 10.4. The summed E-state index contributed by atoms with van der Waals surface area (Å²) >= 11 is 0. The number of aliphatic hydroxyl groups is 1. The van der Waals surface area contributed by atoms with Crippen molar-refractivity contribution in [3.8, 4) is 6.07 Å². The number of rotatable bonds is 3. The molecule has 0 bridgehead atoms. The molecule has 1 heterocycles. The lowest BCUT2D eigenvalue weighted by atomic mass is 9.76. The molecule has 1 saturated heterocycles. The third kappa shape index (κ3) is 2.75. The van der Waals surface area contributed by atoms with Crippen LogP contribution in [0.4, 0.5) is 8.78 Å². The fourth-order valence-corrected chi connectivity index (χ4v) is 2.32. The van der Waals surface area contributed by atoms with Gasteiger partial charge in [-0.2, -0.15) is 5.26 Å². The minimum Gasteiger partial charge on any atom is -0.387 e. The Morgan fingerprint density at radius 2 is 1.89 bits per heavy atom. The highest BCUT2D eigenvalue weighted by molar-refractivity contribution is 5.28. The molecule has 2 atom stereocenters. The van der Waals surface area contributed by atoms with Crippen LogP contribution in [-0.2, 0) is 4.74 Å². The van der Waals surface area contributed by atoms with Crippen LogP contribution in [0.15, 0.2) is 24.3 Å². The number of aliphatic hydroxyl groups excluding tert-OH is 1. The van der Waals surface area contributed by atoms with E-state index in [1.54, 1.807) is 0 Å². The fourth-order valence-electron chi connectivity index (χ4n) is 2.32. The molecule has 19 heavy (non-hydrogen) atoms. The van der Waals surface area contributed by atoms with Crippen molar-refractivity contribution < 1.29 is 18.6 Å². The van der Waals surface area contributed by atoms with Crippen LogP contribution in [0.5, 0.6) is 0 Å². The van der Waals surface area contributed by atoms with Gasteiger partial charge in [-0.05, 0) is 18.4 Å². The molecular weight excluding hydrogens is 252 g/mol. The maximum atomic E-state index is 12.5. The van der Waals surface area contributed by atoms with Crippen molar-refractivity contribution in [2.75, 3.05) is 13.2 Å². The molecule has 1 aromatic carbocycles. The molecule has 1 aliphatic heterocycles. The molecule has 2 unspecified atom stereocenters. The second kappa shape index (κ2) is 5.64. The van der Waals surface area contributed by atoms with Crippen molar-refractivity contribution in [1.82, 2.24) is 0 Å². The third-order valence-corrected chi connectivity index (χ3v) is 3.52. The van der Waals surface area contributed by atoms with Crippen molar-refractivity contribution in [1.29, 1.82) is 5.26 Å². The van der Waals surface area contributed by atoms with Crippen molar-refractivity contribution in [3.05, 3.63) is 35.4 Å². The van der Waals surface area contributed by atoms with Crippen LogP contribution in [0.25, 0.3) is 0 Å². The normalized spacial score (nSPS) is 25.0. The second-order valence-electron chi connectivity index (χ2n) is 4.79. The number of ether oxygens (including phenoxy) is 1. The minimum absolute atomic E-state index is 0.0955. The predicted octanol–water partition coefficient (Wildman–Crippen LogP) is 2.98. The number of nitriles is 1. The summed E-state index contributed by atoms with van der Waals surface area (Å²) in [5.74, 6) is 0. The Labute approximate surface area is 110 Å². The van der Waals surface area contributed by atoms with Crippen LogP contribution in [0.3, 0.4) is 0 Å². The largest absolute Gasteiger partial charge is 0.387 e. The Bertz CT molecular complexity index is 461. The number of hydrogen-bond acceptors (Lipinski definition) is 3. The van der Waals surface area contributed by atoms with Gasteiger partial charge in [-0.15, -0.1) is 0 Å². The zero-order chi connectivity index (χ0) is 13.9. The van der Waals surface area contributed by atoms with Gasteiger partial charge in [0.15, 0.2) is 0 Å². The maximum Gasteiger partial charge on any atom is 0.263 e. The van der Waals surface area contributed by atoms with Crippen LogP contribution in [-0.4, -0.2) is 18.3 Å². The Morgan fingerprint density at radius 3 is 2.37 bits per heavy atom. The van der Waals surface area contributed by atoms with Gasteiger partial charge in [-0.3, -0.25) is 0 Å². The van der Waals surface area contributed by atoms with E-state index in [4.69, 9.17) is 4.74 Å². The number of benzene rings is 1. The Hall–Kier alpha value is -1.51. The maximum absolute atomic E-state index is 12.5. The van der Waals surface area contributed by atoms with E-state index < -0.39 is 17.9 Å². The molecule has 1 fully saturated rings. The molecule has 0 radical (unpaired) electrons. The average molecular weight is 267 g/mol. The molecular formula is C14H15F2NO2. The van der Waals surface area contributed by atoms with E-state index in [-0.39, 0.29) is 12.2 Å². The summed E-state index contributed by atoms with van der Waals surface area (Å²) in [6.07, 6.45) is -2.31. The first-order chi connectivity index (χ1) is 9.09. The SMILES string of the molecule is N#CC1(C(O)c2ccc(C(F)F)cc2)CCCOC1. The van der Waals surface area contributed by atoms with Gasteiger partial charge in [0.2, 0.25) is 0 Å². The standard InChI is InChI=1S/C14H15F2NO2/c15-13(16)11-4-2-10(3-5-11)12(18)14(8-17)6-1-7-19-9-14/h2-5,12-13,18H,1,6-7,9H2. The number of halogens is 2. The second-order valence-corrected chi connectivity index (χ2v) is 4.79. The first-order valence-corrected chi connectivity index (χ1v) is 6.14. The summed E-state index contributed by atoms with van der Waals surface area (Å²) in [5, 5.41) is 19.6. The molecule has 2 rings (SSSR count). The molecule has 0 spiro atoms. The van der Waals surface area contributed by atoms with Crippen molar-refractivity contribution in [2.24, 2.45) is 5.41 Å². The molecule has 1 N–H and O–H groups in total. The summed E-state index contributed by atoms with van der Waals surface area (Å²) in [4.78, 5) is 0. The Kier molecular flexibility index (Phi) is 4.13. The van der Waals surface area contributed by atoms with Gasteiger partial charge in [-0.1, -0.05) is 24.3 Å². The van der Waals surface area contributed by atoms with Crippen molar-refractivity contribution in [2.45, 2.75) is 25.4 Å². The fraction of sp³-hybridized carbons (Fsp3) is 0.500. The van der Waals surface area contributed by atoms with Gasteiger partial charge < -0.3 is 9.84 Å². The van der Waals surface area contributed by atoms with E-state index in [1.807, 2.05) is 0 Å². The molecule has 3 nitrogen and oxygen atoms in total. The summed E-state index contributed by atoms with van der Waals surface area (Å²) in [7, 11) is 0. The molecule has 1 aliphatic rings. The van der Waals surface area contributed by atoms with E-state index in [0.29, 0.717) is 25.0 Å². The van der Waals surface area contributed by atoms with Gasteiger partial charge in [0.25, 0.3) is 6.43 Å². The first kappa shape index (κ1) is 13.9. The Balaban J connectivity index is 2.22. The molecule has 0 aliphatic carbocycles. The van der Waals surface area contributed by atoms with Gasteiger partial charge in [-0.25, -0.2) is 8.78 Å². The lowest BCUT2D eigenvalue weighted by molar-refractivity contribution is -0.0506. The highest BCUT2D eigenvalue weighted by Gasteiger charge is 2.41. The summed E-state index contributed by atoms with van der Waals surface area (Å²) in [6.45, 7) is 0.752. The highest BCUT2D eigenvalue weighted by Crippen LogP contribution is 2.40. The van der Waals surface area contributed by atoms with E-state index >= 15 is 0 Å². The minimum atomic E-state index is -2.53. The summed E-state index contributed by atoms with van der Waals surface area (Å²) in [6, 6.07) is 7.57. The number of hydrogen-bond donors (Lipinski definition) is 1. The van der Waals surface area contributed by atoms with E-state index in [2.05, 4.69) is 6.07 Å². The monoisotopic (exact) mass is 267 g/mol. The smallest absolute Gasteiger partial charge is 0.263 e. The average Bonchev–Trinajstić information content (AvgIpc) is 2.47. The van der Waals surface area contributed by atoms with Crippen LogP contribution < -0.4 is 0 Å². The first-order valence-electron chi connectivity index (χ1n) is 6.14. The third-order valence-electron chi connectivity index (χ3n) is 3.52. The topological polar surface area (TPSA) is 53.2 Å². The highest BCUT2D eigenvalue weighted by atomic mass is 19.3. The van der Waals surface area contributed by atoms with Gasteiger partial charge in [0, 0.05) is 12.2 Å². The van der Waals surface area contributed by atoms with E-state index in [1.165, 1.54) is 24.3 Å². The summed E-state index contributed by atoms with van der Waals surface area (Å²) in [5.41, 5.74) is -0.608. The molecule has 5 heteroatoms. The summed E-state index contributed by atoms with van der Waals surface area (Å²) < 4.78 is 30.2. The predicted molar refractivity (Wildman–Crippen MR) is 64.5 cm³/mol. The van der Waals surface area contributed by atoms with E-state index in [9.17, 15) is 19.1 Å². The van der Waals surface area contributed by atoms with Crippen LogP contribution in [0.2, 0.25) is 0 Å². The molecule has 102 valence electrons. The Morgan fingerprint density at radius 1 is 1.26 bits per heavy atom. The molecule has 1 aromatic rings. The van der Waals surface area contributed by atoms with Gasteiger partial charge in [0.1, 0.15) is 5.41 Å². The van der Waals surface area contributed by atoms with Crippen molar-refractivity contribution in [3.63, 3.8) is 0 Å². The quantitative estimate of drug-likeness (QED) is 0.916. The van der Waals surface area contributed by atoms with Gasteiger partial charge >= 0.3 is 0 Å². The van der Waals surface area contributed by atoms with Crippen LogP contribution in [0, 0.1) is 16.7 Å². The lowest BCUT2D eigenvalue weighted by Gasteiger charge is -2.35. The van der Waals surface area contributed by atoms with Gasteiger partial charge in [0.05, 0.1) is 18.8 Å². The zero-order valence-corrected chi connectivity index (χ0v) is 10.4. The van der Waals surface area contributed by atoms with Crippen LogP contribution in [0.1, 0.15) is 36.5 Å². The molecule has 0 aromatic heterocycles. The number of alkyl halides is 2. The van der Waals surface area contributed by atoms with Crippen LogP contribution >= 0.6 is 0 Å². The number of nitrogens with zero attached hydrogens (tertiary/aromatic N) is 1. The van der Waals surface area contributed by atoms with Crippen molar-refractivity contribution >= 4 is 0 Å². The molecule has 0 saturated carbocycles. The molecule has 0 amide bonds.